The molecule has 0 aliphatic heterocycles. The van der Waals surface area contributed by atoms with Crippen LogP contribution in [0.15, 0.2) is 55.0 Å². The molecule has 100 valence electrons. The number of amides is 1. The molecule has 1 aromatic carbocycles. The van der Waals surface area contributed by atoms with Gasteiger partial charge in [-0.1, -0.05) is 12.1 Å². The second kappa shape index (κ2) is 5.13. The Bertz CT molecular complexity index is 749. The van der Waals surface area contributed by atoms with Crippen LogP contribution in [-0.2, 0) is 6.54 Å². The molecule has 1 N–H and O–H groups in total. The van der Waals surface area contributed by atoms with Gasteiger partial charge in [0.05, 0.1) is 5.56 Å². The van der Waals surface area contributed by atoms with E-state index in [1.54, 1.807) is 41.1 Å². The lowest BCUT2D eigenvalue weighted by Crippen LogP contribution is -2.23. The lowest BCUT2D eigenvalue weighted by atomic mass is 10.2. The lowest BCUT2D eigenvalue weighted by Gasteiger charge is -2.06. The highest BCUT2D eigenvalue weighted by Gasteiger charge is 2.10. The summed E-state index contributed by atoms with van der Waals surface area (Å²) in [4.78, 5) is 16.3. The molecule has 2 heterocycles. The van der Waals surface area contributed by atoms with Crippen molar-refractivity contribution in [3.63, 3.8) is 0 Å². The van der Waals surface area contributed by atoms with Gasteiger partial charge in [-0.2, -0.15) is 0 Å². The molecule has 1 amide bonds. The van der Waals surface area contributed by atoms with Gasteiger partial charge >= 0.3 is 0 Å². The predicted octanol–water partition coefficient (Wildman–Crippen LogP) is 2.40. The first-order chi connectivity index (χ1) is 9.74. The summed E-state index contributed by atoms with van der Waals surface area (Å²) in [6.45, 7) is 0.348. The smallest absolute Gasteiger partial charge is 0.255 e. The van der Waals surface area contributed by atoms with Crippen LogP contribution in [0, 0.1) is 5.82 Å². The topological polar surface area (TPSA) is 46.4 Å². The maximum Gasteiger partial charge on any atom is 0.255 e. The normalized spacial score (nSPS) is 10.7. The lowest BCUT2D eigenvalue weighted by molar-refractivity contribution is 0.0952. The second-order valence-corrected chi connectivity index (χ2v) is 4.39. The van der Waals surface area contributed by atoms with E-state index in [0.29, 0.717) is 17.8 Å². The van der Waals surface area contributed by atoms with Crippen molar-refractivity contribution in [2.75, 3.05) is 0 Å². The van der Waals surface area contributed by atoms with Gasteiger partial charge in [0.15, 0.2) is 0 Å². The molecule has 0 aliphatic carbocycles. The number of carbonyl (C=O) groups is 1. The van der Waals surface area contributed by atoms with Gasteiger partial charge in [-0.3, -0.25) is 4.79 Å². The summed E-state index contributed by atoms with van der Waals surface area (Å²) >= 11 is 0. The van der Waals surface area contributed by atoms with Crippen molar-refractivity contribution in [3.05, 3.63) is 71.9 Å². The maximum atomic E-state index is 12.8. The van der Waals surface area contributed by atoms with Gasteiger partial charge in [-0.15, -0.1) is 0 Å². The average Bonchev–Trinajstić information content (AvgIpc) is 2.94. The standard InChI is InChI=1S/C15H12FN3O/c16-12-5-3-11(4-6-12)10-18-15(20)13-2-1-8-19-9-7-17-14(13)19/h1-9H,10H2,(H,18,20). The fraction of sp³-hybridized carbons (Fsp3) is 0.0667. The Morgan fingerprint density at radius 2 is 2.00 bits per heavy atom. The molecule has 5 heteroatoms. The van der Waals surface area contributed by atoms with Crippen LogP contribution in [-0.4, -0.2) is 15.3 Å². The zero-order valence-corrected chi connectivity index (χ0v) is 10.6. The molecule has 4 nitrogen and oxygen atoms in total. The van der Waals surface area contributed by atoms with E-state index in [2.05, 4.69) is 10.3 Å². The minimum Gasteiger partial charge on any atom is -0.348 e. The Labute approximate surface area is 114 Å². The highest BCUT2D eigenvalue weighted by atomic mass is 19.1. The molecule has 0 unspecified atom stereocenters. The van der Waals surface area contributed by atoms with E-state index in [0.717, 1.165) is 5.56 Å². The van der Waals surface area contributed by atoms with Crippen LogP contribution in [0.2, 0.25) is 0 Å². The zero-order chi connectivity index (χ0) is 13.9. The Balaban J connectivity index is 1.76. The Kier molecular flexibility index (Phi) is 3.16. The second-order valence-electron chi connectivity index (χ2n) is 4.39. The van der Waals surface area contributed by atoms with Crippen LogP contribution in [0.1, 0.15) is 15.9 Å². The number of hydrogen-bond acceptors (Lipinski definition) is 2. The summed E-state index contributed by atoms with van der Waals surface area (Å²) in [6, 6.07) is 9.55. The molecule has 0 radical (unpaired) electrons. The quantitative estimate of drug-likeness (QED) is 0.793. The first-order valence-corrected chi connectivity index (χ1v) is 6.18. The van der Waals surface area contributed by atoms with Gasteiger partial charge in [0, 0.05) is 25.1 Å². The van der Waals surface area contributed by atoms with Gasteiger partial charge in [0.25, 0.3) is 5.91 Å². The summed E-state index contributed by atoms with van der Waals surface area (Å²) in [5.41, 5.74) is 1.97. The zero-order valence-electron chi connectivity index (χ0n) is 10.6. The number of aromatic nitrogens is 2. The summed E-state index contributed by atoms with van der Waals surface area (Å²) in [6.07, 6.45) is 5.26. The van der Waals surface area contributed by atoms with Crippen LogP contribution >= 0.6 is 0 Å². The number of fused-ring (bicyclic) bond motifs is 1. The van der Waals surface area contributed by atoms with Crippen LogP contribution in [0.25, 0.3) is 5.65 Å². The van der Waals surface area contributed by atoms with E-state index >= 15 is 0 Å². The van der Waals surface area contributed by atoms with E-state index < -0.39 is 0 Å². The Morgan fingerprint density at radius 1 is 1.20 bits per heavy atom. The van der Waals surface area contributed by atoms with E-state index in [4.69, 9.17) is 0 Å². The fourth-order valence-corrected chi connectivity index (χ4v) is 2.01. The third-order valence-corrected chi connectivity index (χ3v) is 3.03. The van der Waals surface area contributed by atoms with Crippen molar-refractivity contribution in [2.45, 2.75) is 6.54 Å². The molecular weight excluding hydrogens is 257 g/mol. The molecule has 3 aromatic rings. The van der Waals surface area contributed by atoms with Gasteiger partial charge in [0.1, 0.15) is 11.5 Å². The molecule has 0 saturated heterocycles. The van der Waals surface area contributed by atoms with E-state index in [1.807, 2.05) is 6.20 Å². The number of imidazole rings is 1. The largest absolute Gasteiger partial charge is 0.348 e. The molecular formula is C15H12FN3O. The third-order valence-electron chi connectivity index (χ3n) is 3.03. The molecule has 0 atom stereocenters. The first-order valence-electron chi connectivity index (χ1n) is 6.18. The van der Waals surface area contributed by atoms with Crippen molar-refractivity contribution in [3.8, 4) is 0 Å². The number of halogens is 1. The summed E-state index contributed by atoms with van der Waals surface area (Å²) < 4.78 is 14.6. The molecule has 0 aliphatic rings. The van der Waals surface area contributed by atoms with Crippen LogP contribution < -0.4 is 5.32 Å². The van der Waals surface area contributed by atoms with Gasteiger partial charge in [-0.05, 0) is 29.8 Å². The van der Waals surface area contributed by atoms with Crippen molar-refractivity contribution in [1.29, 1.82) is 0 Å². The Hall–Kier alpha value is -2.69. The molecule has 20 heavy (non-hydrogen) atoms. The molecule has 3 rings (SSSR count). The summed E-state index contributed by atoms with van der Waals surface area (Å²) in [7, 11) is 0. The monoisotopic (exact) mass is 269 g/mol. The molecule has 0 bridgehead atoms. The number of nitrogens with zero attached hydrogens (tertiary/aromatic N) is 2. The van der Waals surface area contributed by atoms with E-state index in [9.17, 15) is 9.18 Å². The molecule has 0 fully saturated rings. The minimum atomic E-state index is -0.290. The molecule has 0 saturated carbocycles. The summed E-state index contributed by atoms with van der Waals surface area (Å²) in [5, 5.41) is 2.80. The van der Waals surface area contributed by atoms with Gasteiger partial charge in [0.2, 0.25) is 0 Å². The van der Waals surface area contributed by atoms with E-state index in [1.165, 1.54) is 12.1 Å². The first kappa shape index (κ1) is 12.3. The number of pyridine rings is 1. The van der Waals surface area contributed by atoms with E-state index in [-0.39, 0.29) is 11.7 Å². The minimum absolute atomic E-state index is 0.203. The highest BCUT2D eigenvalue weighted by Crippen LogP contribution is 2.09. The number of hydrogen-bond donors (Lipinski definition) is 1. The molecule has 0 spiro atoms. The van der Waals surface area contributed by atoms with Gasteiger partial charge < -0.3 is 9.72 Å². The molecule has 2 aromatic heterocycles. The Morgan fingerprint density at radius 3 is 2.80 bits per heavy atom. The van der Waals surface area contributed by atoms with Crippen LogP contribution in [0.5, 0.6) is 0 Å². The SMILES string of the molecule is O=C(NCc1ccc(F)cc1)c1cccn2ccnc12. The summed E-state index contributed by atoms with van der Waals surface area (Å²) in [5.74, 6) is -0.492. The number of nitrogens with one attached hydrogen (secondary N) is 1. The van der Waals surface area contributed by atoms with Crippen LogP contribution in [0.4, 0.5) is 4.39 Å². The predicted molar refractivity (Wildman–Crippen MR) is 72.8 cm³/mol. The van der Waals surface area contributed by atoms with Crippen molar-refractivity contribution in [1.82, 2.24) is 14.7 Å². The van der Waals surface area contributed by atoms with Crippen molar-refractivity contribution in [2.24, 2.45) is 0 Å². The highest BCUT2D eigenvalue weighted by molar-refractivity contribution is 5.99. The van der Waals surface area contributed by atoms with Crippen molar-refractivity contribution < 1.29 is 9.18 Å². The van der Waals surface area contributed by atoms with Gasteiger partial charge in [-0.25, -0.2) is 9.37 Å². The number of carbonyl (C=O) groups excluding carboxylic acids is 1. The average molecular weight is 269 g/mol. The number of rotatable bonds is 3. The third kappa shape index (κ3) is 2.38. The number of benzene rings is 1. The van der Waals surface area contributed by atoms with Crippen molar-refractivity contribution >= 4 is 11.6 Å². The maximum absolute atomic E-state index is 12.8. The van der Waals surface area contributed by atoms with Crippen LogP contribution in [0.3, 0.4) is 0 Å². The fourth-order valence-electron chi connectivity index (χ4n) is 2.01.